The van der Waals surface area contributed by atoms with Crippen molar-refractivity contribution in [3.63, 3.8) is 0 Å². The Kier molecular flexibility index (Phi) is 11.5. The van der Waals surface area contributed by atoms with Gasteiger partial charge in [0, 0.05) is 0 Å². The number of hydrogen-bond donors (Lipinski definition) is 3. The number of rotatable bonds is 4. The Morgan fingerprint density at radius 1 is 1.44 bits per heavy atom. The van der Waals surface area contributed by atoms with Gasteiger partial charge in [0.15, 0.2) is 11.9 Å². The largest absolute Gasteiger partial charge is 1.00 e. The molecule has 0 saturated heterocycles. The number of phosphoric acid groups is 1. The molecule has 1 aliphatic rings. The minimum Gasteiger partial charge on any atom is -0.780 e. The maximum absolute atomic E-state index is 10.8. The fourth-order valence-corrected chi connectivity index (χ4v) is 1.46. The first-order valence-electron chi connectivity index (χ1n) is 3.91. The van der Waals surface area contributed by atoms with Crippen LogP contribution >= 0.6 is 7.82 Å². The Hall–Kier alpha value is 2.15. The SMILES string of the molecule is O=C1O[C@H]([C@@H](O)CO)C(OP(=O)([O-])[O-])=C1O.[K+].[K+]. The van der Waals surface area contributed by atoms with Gasteiger partial charge in [0.1, 0.15) is 13.9 Å². The topological polar surface area (TPSA) is 159 Å². The van der Waals surface area contributed by atoms with Crippen molar-refractivity contribution in [3.8, 4) is 0 Å². The molecule has 1 heterocycles. The van der Waals surface area contributed by atoms with Gasteiger partial charge < -0.3 is 38.9 Å². The molecule has 2 atom stereocenters. The van der Waals surface area contributed by atoms with E-state index in [2.05, 4.69) is 9.26 Å². The number of esters is 1. The minimum absolute atomic E-state index is 0. The first-order valence-corrected chi connectivity index (χ1v) is 5.37. The second-order valence-electron chi connectivity index (χ2n) is 2.83. The number of aliphatic hydroxyl groups is 3. The van der Waals surface area contributed by atoms with Crippen LogP contribution in [0.4, 0.5) is 0 Å². The molecule has 0 fully saturated rings. The summed E-state index contributed by atoms with van der Waals surface area (Å²) in [7, 11) is -5.51. The normalized spacial score (nSPS) is 20.7. The van der Waals surface area contributed by atoms with E-state index in [1.54, 1.807) is 0 Å². The maximum Gasteiger partial charge on any atom is 1.00 e. The van der Waals surface area contributed by atoms with E-state index in [1.165, 1.54) is 0 Å². The number of phosphoric ester groups is 1. The smallest absolute Gasteiger partial charge is 0.780 e. The van der Waals surface area contributed by atoms with Crippen LogP contribution in [0.25, 0.3) is 0 Å². The van der Waals surface area contributed by atoms with E-state index in [-0.39, 0.29) is 103 Å². The summed E-state index contributed by atoms with van der Waals surface area (Å²) < 4.78 is 18.4. The van der Waals surface area contributed by atoms with Gasteiger partial charge in [0.25, 0.3) is 0 Å². The molecule has 0 bridgehead atoms. The Morgan fingerprint density at radius 2 is 1.94 bits per heavy atom. The van der Waals surface area contributed by atoms with Crippen molar-refractivity contribution in [2.75, 3.05) is 6.61 Å². The first kappa shape index (κ1) is 22.4. The first-order chi connectivity index (χ1) is 7.26. The molecule has 12 heteroatoms. The molecule has 92 valence electrons. The van der Waals surface area contributed by atoms with Gasteiger partial charge in [0.05, 0.1) is 6.61 Å². The average molecular weight is 332 g/mol. The van der Waals surface area contributed by atoms with Gasteiger partial charge in [-0.15, -0.1) is 0 Å². The van der Waals surface area contributed by atoms with E-state index in [0.717, 1.165) is 0 Å². The number of ether oxygens (including phenoxy) is 1. The predicted octanol–water partition coefficient (Wildman–Crippen LogP) is -9.11. The van der Waals surface area contributed by atoms with Crippen LogP contribution in [-0.2, 0) is 18.6 Å². The third-order valence-corrected chi connectivity index (χ3v) is 2.09. The van der Waals surface area contributed by atoms with Crippen molar-refractivity contribution >= 4 is 13.8 Å². The van der Waals surface area contributed by atoms with Crippen molar-refractivity contribution in [2.24, 2.45) is 0 Å². The monoisotopic (exact) mass is 332 g/mol. The van der Waals surface area contributed by atoms with Crippen molar-refractivity contribution in [3.05, 3.63) is 11.5 Å². The summed E-state index contributed by atoms with van der Waals surface area (Å²) in [6.45, 7) is -0.889. The third kappa shape index (κ3) is 6.28. The van der Waals surface area contributed by atoms with Gasteiger partial charge in [-0.25, -0.2) is 4.79 Å². The van der Waals surface area contributed by atoms with Crippen LogP contribution in [0.5, 0.6) is 0 Å². The fraction of sp³-hybridized carbons (Fsp3) is 0.500. The van der Waals surface area contributed by atoms with E-state index in [1.807, 2.05) is 0 Å². The molecule has 0 spiro atoms. The number of carbonyl (C=O) groups excluding carboxylic acids is 1. The van der Waals surface area contributed by atoms with Gasteiger partial charge in [-0.3, -0.25) is 0 Å². The van der Waals surface area contributed by atoms with Gasteiger partial charge >= 0.3 is 109 Å². The zero-order valence-electron chi connectivity index (χ0n) is 9.60. The average Bonchev–Trinajstić information content (AvgIpc) is 2.43. The van der Waals surface area contributed by atoms with E-state index in [0.29, 0.717) is 0 Å². The summed E-state index contributed by atoms with van der Waals surface area (Å²) in [5.41, 5.74) is 0. The summed E-state index contributed by atoms with van der Waals surface area (Å²) in [5, 5.41) is 26.7. The van der Waals surface area contributed by atoms with Gasteiger partial charge in [-0.2, -0.15) is 0 Å². The van der Waals surface area contributed by atoms with Crippen LogP contribution in [0.1, 0.15) is 0 Å². The van der Waals surface area contributed by atoms with Crippen LogP contribution in [0.15, 0.2) is 11.5 Å². The number of cyclic esters (lactones) is 1. The van der Waals surface area contributed by atoms with Gasteiger partial charge in [0.2, 0.25) is 5.76 Å². The zero-order valence-corrected chi connectivity index (χ0v) is 16.7. The van der Waals surface area contributed by atoms with Gasteiger partial charge in [-0.1, -0.05) is 0 Å². The van der Waals surface area contributed by atoms with Crippen LogP contribution in [0.2, 0.25) is 0 Å². The van der Waals surface area contributed by atoms with E-state index in [9.17, 15) is 19.1 Å². The van der Waals surface area contributed by atoms with E-state index < -0.39 is 44.1 Å². The summed E-state index contributed by atoms with van der Waals surface area (Å²) in [5.74, 6) is -3.62. The van der Waals surface area contributed by atoms with Crippen molar-refractivity contribution < 1.29 is 146 Å². The molecule has 0 aromatic rings. The molecule has 1 rings (SSSR count). The molecule has 1 aliphatic heterocycles. The fourth-order valence-electron chi connectivity index (χ4n) is 1.02. The summed E-state index contributed by atoms with van der Waals surface area (Å²) >= 11 is 0. The standard InChI is InChI=1S/C6H9O9P.2K/c7-1-2(8)4-5(15-16(11,12)13)3(9)6(10)14-4;;/h2,4,7-9H,1H2,(H2,11,12,13);;/q;2*+1/p-2/t2-,4+;;/m0../s1. The maximum atomic E-state index is 10.8. The van der Waals surface area contributed by atoms with Crippen molar-refractivity contribution in [2.45, 2.75) is 12.2 Å². The Labute approximate surface area is 187 Å². The number of carbonyl (C=O) groups is 1. The molecule has 0 radical (unpaired) electrons. The molecule has 9 nitrogen and oxygen atoms in total. The quantitative estimate of drug-likeness (QED) is 0.258. The molecule has 3 N–H and O–H groups in total. The second kappa shape index (κ2) is 9.23. The molecule has 0 amide bonds. The minimum atomic E-state index is -5.51. The van der Waals surface area contributed by atoms with Crippen LogP contribution in [0, 0.1) is 0 Å². The molecule has 18 heavy (non-hydrogen) atoms. The molecule has 0 saturated carbocycles. The number of hydrogen-bond acceptors (Lipinski definition) is 9. The van der Waals surface area contributed by atoms with Crippen molar-refractivity contribution in [1.82, 2.24) is 0 Å². The molecule has 0 unspecified atom stereocenters. The summed E-state index contributed by atoms with van der Waals surface area (Å²) in [6, 6.07) is 0. The zero-order chi connectivity index (χ0) is 12.5. The Balaban J connectivity index is 0. The predicted molar refractivity (Wildman–Crippen MR) is 41.3 cm³/mol. The molecule has 0 aromatic carbocycles. The van der Waals surface area contributed by atoms with E-state index in [4.69, 9.17) is 15.3 Å². The van der Waals surface area contributed by atoms with Crippen LogP contribution in [0.3, 0.4) is 0 Å². The Bertz CT molecular complexity index is 377. The molecule has 0 aliphatic carbocycles. The third-order valence-electron chi connectivity index (χ3n) is 1.67. The molecule has 0 aromatic heterocycles. The summed E-state index contributed by atoms with van der Waals surface area (Å²) in [4.78, 5) is 31.4. The number of aliphatic hydroxyl groups excluding tert-OH is 3. The summed E-state index contributed by atoms with van der Waals surface area (Å²) in [6.07, 6.45) is -3.44. The van der Waals surface area contributed by atoms with E-state index >= 15 is 0 Å². The van der Waals surface area contributed by atoms with Crippen LogP contribution in [-0.4, -0.2) is 40.1 Å². The second-order valence-corrected chi connectivity index (χ2v) is 3.90. The molecular weight excluding hydrogens is 325 g/mol. The van der Waals surface area contributed by atoms with Crippen LogP contribution < -0.4 is 113 Å². The van der Waals surface area contributed by atoms with Crippen molar-refractivity contribution in [1.29, 1.82) is 0 Å². The Morgan fingerprint density at radius 3 is 2.33 bits per heavy atom. The van der Waals surface area contributed by atoms with Gasteiger partial charge in [-0.05, 0) is 0 Å². The molecular formula is C6H7K2O9P.